The Hall–Kier alpha value is -1.19. The number of amides is 1. The SMILES string of the molecule is COCC(C)NC(=O)CN(CC(=O)O)C1CCS(=O)(=O)C1. The quantitative estimate of drug-likeness (QED) is 0.572. The van der Waals surface area contributed by atoms with Crippen LogP contribution in [0.25, 0.3) is 0 Å². The van der Waals surface area contributed by atoms with Crippen LogP contribution in [0.2, 0.25) is 0 Å². The first-order valence-electron chi connectivity index (χ1n) is 6.68. The Balaban J connectivity index is 2.62. The van der Waals surface area contributed by atoms with Gasteiger partial charge in [0, 0.05) is 19.2 Å². The van der Waals surface area contributed by atoms with E-state index in [-0.39, 0.29) is 36.5 Å². The maximum Gasteiger partial charge on any atom is 0.317 e. The van der Waals surface area contributed by atoms with Gasteiger partial charge >= 0.3 is 5.97 Å². The molecule has 0 aromatic rings. The molecule has 21 heavy (non-hydrogen) atoms. The zero-order chi connectivity index (χ0) is 16.0. The zero-order valence-corrected chi connectivity index (χ0v) is 13.1. The minimum absolute atomic E-state index is 0.0372. The normalized spacial score (nSPS) is 22.1. The van der Waals surface area contributed by atoms with E-state index >= 15 is 0 Å². The summed E-state index contributed by atoms with van der Waals surface area (Å²) in [4.78, 5) is 24.2. The smallest absolute Gasteiger partial charge is 0.317 e. The van der Waals surface area contributed by atoms with Crippen molar-refractivity contribution >= 4 is 21.7 Å². The number of carbonyl (C=O) groups excluding carboxylic acids is 1. The second-order valence-electron chi connectivity index (χ2n) is 5.28. The van der Waals surface area contributed by atoms with E-state index < -0.39 is 21.8 Å². The Morgan fingerprint density at radius 3 is 2.57 bits per heavy atom. The average molecular weight is 322 g/mol. The summed E-state index contributed by atoms with van der Waals surface area (Å²) in [6.07, 6.45) is 0.358. The second kappa shape index (κ2) is 7.71. The molecular weight excluding hydrogens is 300 g/mol. The molecule has 1 heterocycles. The molecule has 1 rings (SSSR count). The van der Waals surface area contributed by atoms with E-state index in [9.17, 15) is 18.0 Å². The summed E-state index contributed by atoms with van der Waals surface area (Å²) in [5.41, 5.74) is 0. The number of rotatable bonds is 8. The van der Waals surface area contributed by atoms with Gasteiger partial charge < -0.3 is 15.2 Å². The van der Waals surface area contributed by atoms with E-state index in [1.165, 1.54) is 12.0 Å². The van der Waals surface area contributed by atoms with Crippen LogP contribution in [0, 0.1) is 0 Å². The first kappa shape index (κ1) is 17.9. The molecule has 2 atom stereocenters. The first-order chi connectivity index (χ1) is 9.73. The summed E-state index contributed by atoms with van der Waals surface area (Å²) in [6, 6.07) is -0.615. The van der Waals surface area contributed by atoms with E-state index in [1.807, 2.05) is 0 Å². The van der Waals surface area contributed by atoms with Crippen molar-refractivity contribution in [3.05, 3.63) is 0 Å². The fourth-order valence-electron chi connectivity index (χ4n) is 2.35. The molecule has 0 spiro atoms. The first-order valence-corrected chi connectivity index (χ1v) is 8.50. The summed E-state index contributed by atoms with van der Waals surface area (Å²) in [5.74, 6) is -1.49. The Morgan fingerprint density at radius 1 is 1.43 bits per heavy atom. The number of ether oxygens (including phenoxy) is 1. The van der Waals surface area contributed by atoms with Gasteiger partial charge in [-0.05, 0) is 13.3 Å². The van der Waals surface area contributed by atoms with E-state index in [4.69, 9.17) is 9.84 Å². The molecule has 0 bridgehead atoms. The van der Waals surface area contributed by atoms with E-state index in [1.54, 1.807) is 6.92 Å². The number of aliphatic carboxylic acids is 1. The average Bonchev–Trinajstić information content (AvgIpc) is 2.68. The number of sulfone groups is 1. The van der Waals surface area contributed by atoms with Crippen molar-refractivity contribution in [1.29, 1.82) is 0 Å². The van der Waals surface area contributed by atoms with Crippen molar-refractivity contribution in [1.82, 2.24) is 10.2 Å². The van der Waals surface area contributed by atoms with E-state index in [2.05, 4.69) is 5.32 Å². The molecule has 1 saturated heterocycles. The summed E-state index contributed by atoms with van der Waals surface area (Å²) in [5, 5.41) is 11.6. The van der Waals surface area contributed by atoms with Crippen LogP contribution in [0.5, 0.6) is 0 Å². The molecule has 1 amide bonds. The highest BCUT2D eigenvalue weighted by atomic mass is 32.2. The highest BCUT2D eigenvalue weighted by Gasteiger charge is 2.34. The van der Waals surface area contributed by atoms with E-state index in [0.29, 0.717) is 13.0 Å². The van der Waals surface area contributed by atoms with Crippen LogP contribution in [0.3, 0.4) is 0 Å². The minimum atomic E-state index is -3.13. The van der Waals surface area contributed by atoms with Gasteiger partial charge in [0.15, 0.2) is 9.84 Å². The second-order valence-corrected chi connectivity index (χ2v) is 7.51. The predicted octanol–water partition coefficient (Wildman–Crippen LogP) is -1.29. The highest BCUT2D eigenvalue weighted by molar-refractivity contribution is 7.91. The van der Waals surface area contributed by atoms with Gasteiger partial charge in [-0.3, -0.25) is 14.5 Å². The molecule has 0 saturated carbocycles. The van der Waals surface area contributed by atoms with E-state index in [0.717, 1.165) is 0 Å². The number of methoxy groups -OCH3 is 1. The van der Waals surface area contributed by atoms with Crippen LogP contribution in [-0.4, -0.2) is 80.7 Å². The lowest BCUT2D eigenvalue weighted by atomic mass is 10.2. The topological polar surface area (TPSA) is 113 Å². The lowest BCUT2D eigenvalue weighted by molar-refractivity contribution is -0.139. The van der Waals surface area contributed by atoms with Crippen molar-refractivity contribution in [2.45, 2.75) is 25.4 Å². The fraction of sp³-hybridized carbons (Fsp3) is 0.833. The molecule has 0 aliphatic carbocycles. The van der Waals surface area contributed by atoms with Gasteiger partial charge in [-0.25, -0.2) is 8.42 Å². The lowest BCUT2D eigenvalue weighted by Crippen LogP contribution is -2.48. The third-order valence-electron chi connectivity index (χ3n) is 3.23. The molecule has 1 fully saturated rings. The van der Waals surface area contributed by atoms with Crippen molar-refractivity contribution in [2.24, 2.45) is 0 Å². The van der Waals surface area contributed by atoms with Crippen LogP contribution in [0.15, 0.2) is 0 Å². The molecule has 2 unspecified atom stereocenters. The Morgan fingerprint density at radius 2 is 2.10 bits per heavy atom. The molecule has 0 aromatic carbocycles. The van der Waals surface area contributed by atoms with Crippen molar-refractivity contribution in [2.75, 3.05) is 38.3 Å². The lowest BCUT2D eigenvalue weighted by Gasteiger charge is -2.26. The van der Waals surface area contributed by atoms with Gasteiger partial charge in [0.1, 0.15) is 0 Å². The number of carboxylic acid groups (broad SMARTS) is 1. The third kappa shape index (κ3) is 6.40. The number of nitrogens with zero attached hydrogens (tertiary/aromatic N) is 1. The van der Waals surface area contributed by atoms with Gasteiger partial charge in [-0.1, -0.05) is 0 Å². The number of carboxylic acids is 1. The Kier molecular flexibility index (Phi) is 6.56. The largest absolute Gasteiger partial charge is 0.480 e. The summed E-state index contributed by atoms with van der Waals surface area (Å²) in [7, 11) is -1.61. The van der Waals surface area contributed by atoms with Gasteiger partial charge in [0.05, 0.1) is 31.2 Å². The number of hydrogen-bond donors (Lipinski definition) is 2. The Labute approximate surface area is 124 Å². The monoisotopic (exact) mass is 322 g/mol. The molecule has 1 aliphatic rings. The molecule has 1 aliphatic heterocycles. The fourth-order valence-corrected chi connectivity index (χ4v) is 4.11. The van der Waals surface area contributed by atoms with Crippen molar-refractivity contribution in [3.63, 3.8) is 0 Å². The summed E-state index contributed by atoms with van der Waals surface area (Å²) < 4.78 is 27.9. The molecule has 9 heteroatoms. The maximum atomic E-state index is 11.9. The zero-order valence-electron chi connectivity index (χ0n) is 12.2. The van der Waals surface area contributed by atoms with Crippen LogP contribution >= 0.6 is 0 Å². The van der Waals surface area contributed by atoms with Gasteiger partial charge in [-0.2, -0.15) is 0 Å². The molecule has 0 aromatic heterocycles. The number of carbonyl (C=O) groups is 2. The van der Waals surface area contributed by atoms with Crippen LogP contribution in [0.1, 0.15) is 13.3 Å². The third-order valence-corrected chi connectivity index (χ3v) is 4.98. The minimum Gasteiger partial charge on any atom is -0.480 e. The van der Waals surface area contributed by atoms with Gasteiger partial charge in [0.2, 0.25) is 5.91 Å². The highest BCUT2D eigenvalue weighted by Crippen LogP contribution is 2.17. The van der Waals surface area contributed by atoms with Gasteiger partial charge in [0.25, 0.3) is 0 Å². The van der Waals surface area contributed by atoms with Crippen LogP contribution in [0.4, 0.5) is 0 Å². The molecule has 0 radical (unpaired) electrons. The maximum absolute atomic E-state index is 11.9. The summed E-state index contributed by atoms with van der Waals surface area (Å²) >= 11 is 0. The molecule has 8 nitrogen and oxygen atoms in total. The number of hydrogen-bond acceptors (Lipinski definition) is 6. The van der Waals surface area contributed by atoms with Crippen molar-refractivity contribution in [3.8, 4) is 0 Å². The van der Waals surface area contributed by atoms with Crippen molar-refractivity contribution < 1.29 is 27.9 Å². The Bertz CT molecular complexity index is 478. The number of nitrogens with one attached hydrogen (secondary N) is 1. The van der Waals surface area contributed by atoms with Crippen LogP contribution in [-0.2, 0) is 24.2 Å². The predicted molar refractivity (Wildman–Crippen MR) is 75.7 cm³/mol. The summed E-state index contributed by atoms with van der Waals surface area (Å²) in [6.45, 7) is 1.62. The standard InChI is InChI=1S/C12H22N2O6S/c1-9(7-20-2)13-11(15)5-14(6-12(16)17)10-3-4-21(18,19)8-10/h9-10H,3-8H2,1-2H3,(H,13,15)(H,16,17). The molecule has 122 valence electrons. The molecule has 2 N–H and O–H groups in total. The van der Waals surface area contributed by atoms with Gasteiger partial charge in [-0.15, -0.1) is 0 Å². The van der Waals surface area contributed by atoms with Crippen LogP contribution < -0.4 is 5.32 Å². The molecular formula is C12H22N2O6S.